The third kappa shape index (κ3) is 2.29. The second-order valence-corrected chi connectivity index (χ2v) is 4.71. The molecule has 0 radical (unpaired) electrons. The molecular formula is C15H13ClN2O. The zero-order valence-electron chi connectivity index (χ0n) is 10.5. The van der Waals surface area contributed by atoms with Gasteiger partial charge in [-0.05, 0) is 11.5 Å². The van der Waals surface area contributed by atoms with Gasteiger partial charge in [0.2, 0.25) is 0 Å². The smallest absolute Gasteiger partial charge is 0.147 e. The fourth-order valence-corrected chi connectivity index (χ4v) is 2.17. The van der Waals surface area contributed by atoms with Gasteiger partial charge in [-0.2, -0.15) is 0 Å². The lowest BCUT2D eigenvalue weighted by Gasteiger charge is -2.09. The van der Waals surface area contributed by atoms with Crippen molar-refractivity contribution in [3.05, 3.63) is 59.6 Å². The Labute approximate surface area is 116 Å². The molecule has 0 amide bonds. The van der Waals surface area contributed by atoms with Gasteiger partial charge in [0.25, 0.3) is 0 Å². The maximum Gasteiger partial charge on any atom is 0.147 e. The van der Waals surface area contributed by atoms with Gasteiger partial charge >= 0.3 is 0 Å². The molecule has 0 saturated heterocycles. The highest BCUT2D eigenvalue weighted by Gasteiger charge is 2.06. The molecular weight excluding hydrogens is 260 g/mol. The summed E-state index contributed by atoms with van der Waals surface area (Å²) in [6.45, 7) is 0.400. The van der Waals surface area contributed by atoms with E-state index in [0.29, 0.717) is 11.8 Å². The molecule has 3 aromatic rings. The van der Waals surface area contributed by atoms with E-state index < -0.39 is 0 Å². The second kappa shape index (κ2) is 4.94. The van der Waals surface area contributed by atoms with Crippen molar-refractivity contribution in [2.45, 2.75) is 6.61 Å². The summed E-state index contributed by atoms with van der Waals surface area (Å²) < 4.78 is 7.67. The van der Waals surface area contributed by atoms with Crippen LogP contribution in [-0.4, -0.2) is 9.55 Å². The summed E-state index contributed by atoms with van der Waals surface area (Å²) in [6.07, 6.45) is 1.63. The van der Waals surface area contributed by atoms with Gasteiger partial charge in [-0.1, -0.05) is 48.0 Å². The summed E-state index contributed by atoms with van der Waals surface area (Å²) >= 11 is 5.95. The average molecular weight is 273 g/mol. The third-order valence-electron chi connectivity index (χ3n) is 3.13. The van der Waals surface area contributed by atoms with E-state index in [9.17, 15) is 0 Å². The van der Waals surface area contributed by atoms with Gasteiger partial charge < -0.3 is 9.30 Å². The van der Waals surface area contributed by atoms with Crippen LogP contribution in [0.25, 0.3) is 10.8 Å². The highest BCUT2D eigenvalue weighted by Crippen LogP contribution is 2.25. The Bertz CT molecular complexity index is 716. The first kappa shape index (κ1) is 12.1. The molecule has 0 fully saturated rings. The van der Waals surface area contributed by atoms with E-state index in [0.717, 1.165) is 22.3 Å². The van der Waals surface area contributed by atoms with Crippen LogP contribution in [0.2, 0.25) is 5.15 Å². The minimum Gasteiger partial charge on any atom is -0.485 e. The van der Waals surface area contributed by atoms with Gasteiger partial charge in [0.15, 0.2) is 0 Å². The van der Waals surface area contributed by atoms with Gasteiger partial charge in [-0.3, -0.25) is 0 Å². The Morgan fingerprint density at radius 2 is 1.95 bits per heavy atom. The summed E-state index contributed by atoms with van der Waals surface area (Å²) in [4.78, 5) is 4.22. The van der Waals surface area contributed by atoms with E-state index in [-0.39, 0.29) is 0 Å². The van der Waals surface area contributed by atoms with Crippen molar-refractivity contribution in [2.24, 2.45) is 7.05 Å². The van der Waals surface area contributed by atoms with Crippen LogP contribution < -0.4 is 4.74 Å². The van der Waals surface area contributed by atoms with Gasteiger partial charge in [0, 0.05) is 12.4 Å². The number of hydrogen-bond donors (Lipinski definition) is 0. The lowest BCUT2D eigenvalue weighted by atomic mass is 10.1. The van der Waals surface area contributed by atoms with Crippen LogP contribution in [0.15, 0.2) is 48.7 Å². The summed E-state index contributed by atoms with van der Waals surface area (Å²) in [5, 5.41) is 2.87. The van der Waals surface area contributed by atoms with Crippen molar-refractivity contribution < 1.29 is 4.74 Å². The van der Waals surface area contributed by atoms with Crippen LogP contribution in [-0.2, 0) is 13.7 Å². The number of imidazole rings is 1. The largest absolute Gasteiger partial charge is 0.485 e. The number of nitrogens with zero attached hydrogens (tertiary/aromatic N) is 2. The molecule has 0 N–H and O–H groups in total. The molecule has 4 heteroatoms. The van der Waals surface area contributed by atoms with Crippen molar-refractivity contribution in [1.29, 1.82) is 0 Å². The zero-order chi connectivity index (χ0) is 13.2. The Hall–Kier alpha value is -2.00. The SMILES string of the molecule is Cn1c(Cl)cnc1COc1cccc2ccccc12. The number of hydrogen-bond acceptors (Lipinski definition) is 2. The Kier molecular flexibility index (Phi) is 3.13. The topological polar surface area (TPSA) is 27.1 Å². The quantitative estimate of drug-likeness (QED) is 0.725. The van der Waals surface area contributed by atoms with E-state index in [1.165, 1.54) is 0 Å². The number of rotatable bonds is 3. The molecule has 0 bridgehead atoms. The average Bonchev–Trinajstić information content (AvgIpc) is 2.76. The Morgan fingerprint density at radius 1 is 1.16 bits per heavy atom. The predicted molar refractivity (Wildman–Crippen MR) is 76.5 cm³/mol. The fourth-order valence-electron chi connectivity index (χ4n) is 2.02. The van der Waals surface area contributed by atoms with Crippen molar-refractivity contribution in [1.82, 2.24) is 9.55 Å². The van der Waals surface area contributed by atoms with E-state index in [2.05, 4.69) is 23.2 Å². The van der Waals surface area contributed by atoms with Crippen LogP contribution in [0.4, 0.5) is 0 Å². The monoisotopic (exact) mass is 272 g/mol. The molecule has 0 aliphatic carbocycles. The van der Waals surface area contributed by atoms with Crippen LogP contribution in [0.3, 0.4) is 0 Å². The standard InChI is InChI=1S/C15H13ClN2O/c1-18-14(16)9-17-15(18)10-19-13-8-4-6-11-5-2-3-7-12(11)13/h2-9H,10H2,1H3. The molecule has 3 rings (SSSR count). The highest BCUT2D eigenvalue weighted by atomic mass is 35.5. The third-order valence-corrected chi connectivity index (χ3v) is 3.49. The van der Waals surface area contributed by atoms with Crippen molar-refractivity contribution >= 4 is 22.4 Å². The molecule has 0 atom stereocenters. The van der Waals surface area contributed by atoms with Gasteiger partial charge in [-0.15, -0.1) is 0 Å². The Balaban J connectivity index is 1.88. The normalized spacial score (nSPS) is 10.8. The molecule has 1 aromatic heterocycles. The van der Waals surface area contributed by atoms with Crippen molar-refractivity contribution in [2.75, 3.05) is 0 Å². The first-order valence-electron chi connectivity index (χ1n) is 6.02. The molecule has 3 nitrogen and oxygen atoms in total. The summed E-state index contributed by atoms with van der Waals surface area (Å²) in [7, 11) is 1.87. The van der Waals surface area contributed by atoms with E-state index in [4.69, 9.17) is 16.3 Å². The molecule has 0 spiro atoms. The van der Waals surface area contributed by atoms with Crippen LogP contribution in [0.5, 0.6) is 5.75 Å². The molecule has 0 aliphatic heterocycles. The second-order valence-electron chi connectivity index (χ2n) is 4.32. The summed E-state index contributed by atoms with van der Waals surface area (Å²) in [6, 6.07) is 14.2. The van der Waals surface area contributed by atoms with E-state index >= 15 is 0 Å². The lowest BCUT2D eigenvalue weighted by molar-refractivity contribution is 0.295. The minimum absolute atomic E-state index is 0.400. The van der Waals surface area contributed by atoms with E-state index in [1.807, 2.05) is 35.9 Å². The number of ether oxygens (including phenoxy) is 1. The highest BCUT2D eigenvalue weighted by molar-refractivity contribution is 6.29. The van der Waals surface area contributed by atoms with Crippen molar-refractivity contribution in [3.8, 4) is 5.75 Å². The lowest BCUT2D eigenvalue weighted by Crippen LogP contribution is -2.03. The first-order valence-corrected chi connectivity index (χ1v) is 6.40. The van der Waals surface area contributed by atoms with Gasteiger partial charge in [0.05, 0.1) is 6.20 Å². The molecule has 96 valence electrons. The molecule has 0 unspecified atom stereocenters. The maximum absolute atomic E-state index is 5.95. The zero-order valence-corrected chi connectivity index (χ0v) is 11.3. The molecule has 19 heavy (non-hydrogen) atoms. The molecule has 1 heterocycles. The fraction of sp³-hybridized carbons (Fsp3) is 0.133. The van der Waals surface area contributed by atoms with Gasteiger partial charge in [0.1, 0.15) is 23.3 Å². The van der Waals surface area contributed by atoms with Gasteiger partial charge in [-0.25, -0.2) is 4.98 Å². The maximum atomic E-state index is 5.95. The van der Waals surface area contributed by atoms with Crippen molar-refractivity contribution in [3.63, 3.8) is 0 Å². The predicted octanol–water partition coefficient (Wildman–Crippen LogP) is 3.81. The van der Waals surface area contributed by atoms with Crippen LogP contribution in [0.1, 0.15) is 5.82 Å². The number of benzene rings is 2. The number of halogens is 1. The summed E-state index contributed by atoms with van der Waals surface area (Å²) in [5.41, 5.74) is 0. The molecule has 0 aliphatic rings. The van der Waals surface area contributed by atoms with Crippen LogP contribution in [0, 0.1) is 0 Å². The van der Waals surface area contributed by atoms with Crippen LogP contribution >= 0.6 is 11.6 Å². The summed E-state index contributed by atoms with van der Waals surface area (Å²) in [5.74, 6) is 1.66. The van der Waals surface area contributed by atoms with E-state index in [1.54, 1.807) is 6.20 Å². The molecule has 2 aromatic carbocycles. The number of fused-ring (bicyclic) bond motifs is 1. The Morgan fingerprint density at radius 3 is 2.74 bits per heavy atom. The first-order chi connectivity index (χ1) is 9.25. The minimum atomic E-state index is 0.400. The molecule has 0 saturated carbocycles. The number of aromatic nitrogens is 2.